The maximum absolute atomic E-state index is 12.5. The Hall–Kier alpha value is -1.03. The lowest BCUT2D eigenvalue weighted by Gasteiger charge is -2.25. The molecule has 0 aromatic heterocycles. The lowest BCUT2D eigenvalue weighted by molar-refractivity contribution is -0.137. The Kier molecular flexibility index (Phi) is 4.43. The Labute approximate surface area is 118 Å². The molecule has 1 aliphatic rings. The summed E-state index contributed by atoms with van der Waals surface area (Å²) in [6.07, 6.45) is 0.0269. The number of halogens is 3. The maximum atomic E-state index is 12.5. The molecule has 1 aromatic rings. The Morgan fingerprint density at radius 3 is 2.25 bits per heavy atom. The van der Waals surface area contributed by atoms with Crippen molar-refractivity contribution >= 4 is 0 Å². The summed E-state index contributed by atoms with van der Waals surface area (Å²) in [5.74, 6) is 0. The number of hydrogen-bond donors (Lipinski definition) is 1. The smallest absolute Gasteiger partial charge is 0.313 e. The van der Waals surface area contributed by atoms with Gasteiger partial charge < -0.3 is 5.32 Å². The van der Waals surface area contributed by atoms with E-state index in [1.807, 2.05) is 0 Å². The summed E-state index contributed by atoms with van der Waals surface area (Å²) >= 11 is 0. The molecule has 1 aliphatic carbocycles. The van der Waals surface area contributed by atoms with Gasteiger partial charge in [-0.25, -0.2) is 0 Å². The average Bonchev–Trinajstić information content (AvgIpc) is 3.13. The Balaban J connectivity index is 2.03. The van der Waals surface area contributed by atoms with E-state index in [9.17, 15) is 13.2 Å². The first-order valence-corrected chi connectivity index (χ1v) is 7.25. The van der Waals surface area contributed by atoms with Crippen LogP contribution >= 0.6 is 0 Å². The van der Waals surface area contributed by atoms with Crippen LogP contribution in [-0.4, -0.2) is 12.6 Å². The van der Waals surface area contributed by atoms with Crippen LogP contribution in [0.1, 0.15) is 44.2 Å². The van der Waals surface area contributed by atoms with Gasteiger partial charge in [-0.15, -0.1) is 0 Å². The summed E-state index contributed by atoms with van der Waals surface area (Å²) in [6, 6.07) is 5.94. The third-order valence-electron chi connectivity index (χ3n) is 4.24. The third-order valence-corrected chi connectivity index (χ3v) is 4.24. The zero-order valence-corrected chi connectivity index (χ0v) is 12.1. The zero-order valence-electron chi connectivity index (χ0n) is 12.1. The van der Waals surface area contributed by atoms with Crippen LogP contribution in [0.3, 0.4) is 0 Å². The molecule has 0 heterocycles. The van der Waals surface area contributed by atoms with Crippen molar-refractivity contribution in [2.45, 2.75) is 51.7 Å². The molecule has 1 atom stereocenters. The molecule has 2 rings (SSSR count). The van der Waals surface area contributed by atoms with E-state index < -0.39 is 11.7 Å². The van der Waals surface area contributed by atoms with E-state index in [2.05, 4.69) is 19.2 Å². The Morgan fingerprint density at radius 1 is 1.20 bits per heavy atom. The summed E-state index contributed by atoms with van der Waals surface area (Å²) < 4.78 is 37.6. The van der Waals surface area contributed by atoms with Gasteiger partial charge in [0.25, 0.3) is 0 Å². The minimum Gasteiger partial charge on any atom is -0.313 e. The van der Waals surface area contributed by atoms with Crippen molar-refractivity contribution in [3.05, 3.63) is 35.4 Å². The first-order chi connectivity index (χ1) is 9.35. The molecular weight excluding hydrogens is 263 g/mol. The Bertz CT molecular complexity index is 432. The van der Waals surface area contributed by atoms with E-state index in [0.717, 1.165) is 24.9 Å². The van der Waals surface area contributed by atoms with Gasteiger partial charge in [0.15, 0.2) is 0 Å². The minimum atomic E-state index is -4.25. The van der Waals surface area contributed by atoms with E-state index >= 15 is 0 Å². The molecule has 0 saturated heterocycles. The fraction of sp³-hybridized carbons (Fsp3) is 0.625. The highest BCUT2D eigenvalue weighted by Crippen LogP contribution is 2.49. The number of hydrogen-bond acceptors (Lipinski definition) is 1. The molecule has 112 valence electrons. The van der Waals surface area contributed by atoms with Crippen LogP contribution in [-0.2, 0) is 12.6 Å². The molecule has 1 aromatic carbocycles. The van der Waals surface area contributed by atoms with Crippen LogP contribution in [0.4, 0.5) is 13.2 Å². The van der Waals surface area contributed by atoms with Gasteiger partial charge in [-0.3, -0.25) is 0 Å². The molecule has 0 bridgehead atoms. The fourth-order valence-electron chi connectivity index (χ4n) is 2.49. The highest BCUT2D eigenvalue weighted by molar-refractivity contribution is 5.26. The predicted octanol–water partition coefficient (Wildman–Crippen LogP) is 4.42. The molecule has 1 nitrogen and oxygen atoms in total. The standard InChI is InChI=1S/C16H22F3N/c1-3-10-20-14(15(2)8-9-15)11-12-4-6-13(7-5-12)16(17,18)19/h4-7,14,20H,3,8-11H2,1-2H3. The van der Waals surface area contributed by atoms with Crippen molar-refractivity contribution in [1.29, 1.82) is 0 Å². The average molecular weight is 285 g/mol. The van der Waals surface area contributed by atoms with Crippen LogP contribution in [0.15, 0.2) is 24.3 Å². The maximum Gasteiger partial charge on any atom is 0.416 e. The normalized spacial score (nSPS) is 18.9. The topological polar surface area (TPSA) is 12.0 Å². The summed E-state index contributed by atoms with van der Waals surface area (Å²) in [5, 5.41) is 3.54. The quantitative estimate of drug-likeness (QED) is 0.816. The predicted molar refractivity (Wildman–Crippen MR) is 74.6 cm³/mol. The second kappa shape index (κ2) is 5.76. The number of nitrogens with one attached hydrogen (secondary N) is 1. The van der Waals surface area contributed by atoms with Gasteiger partial charge in [-0.05, 0) is 55.3 Å². The summed E-state index contributed by atoms with van der Waals surface area (Å²) in [4.78, 5) is 0. The molecule has 20 heavy (non-hydrogen) atoms. The molecule has 1 fully saturated rings. The SMILES string of the molecule is CCCNC(Cc1ccc(C(F)(F)F)cc1)C1(C)CC1. The van der Waals surface area contributed by atoms with Gasteiger partial charge in [0, 0.05) is 6.04 Å². The highest BCUT2D eigenvalue weighted by Gasteiger charge is 2.44. The van der Waals surface area contributed by atoms with Gasteiger partial charge in [0.05, 0.1) is 5.56 Å². The van der Waals surface area contributed by atoms with Crippen LogP contribution in [0.25, 0.3) is 0 Å². The van der Waals surface area contributed by atoms with Gasteiger partial charge in [-0.1, -0.05) is 26.0 Å². The minimum absolute atomic E-state index is 0.317. The monoisotopic (exact) mass is 285 g/mol. The van der Waals surface area contributed by atoms with E-state index in [1.54, 1.807) is 12.1 Å². The molecule has 1 N–H and O–H groups in total. The molecule has 0 aliphatic heterocycles. The third kappa shape index (κ3) is 3.75. The fourth-order valence-corrected chi connectivity index (χ4v) is 2.49. The van der Waals surface area contributed by atoms with Gasteiger partial charge in [0.1, 0.15) is 0 Å². The van der Waals surface area contributed by atoms with E-state index in [-0.39, 0.29) is 0 Å². The van der Waals surface area contributed by atoms with Crippen LogP contribution in [0, 0.1) is 5.41 Å². The van der Waals surface area contributed by atoms with Crippen molar-refractivity contribution in [3.63, 3.8) is 0 Å². The van der Waals surface area contributed by atoms with Gasteiger partial charge in [0.2, 0.25) is 0 Å². The molecule has 1 saturated carbocycles. The first kappa shape index (κ1) is 15.4. The van der Waals surface area contributed by atoms with E-state index in [0.29, 0.717) is 11.5 Å². The second-order valence-electron chi connectivity index (χ2n) is 6.06. The molecule has 1 unspecified atom stereocenters. The number of rotatable bonds is 6. The lowest BCUT2D eigenvalue weighted by atomic mass is 9.92. The Morgan fingerprint density at radius 2 is 1.80 bits per heavy atom. The van der Waals surface area contributed by atoms with Gasteiger partial charge in [-0.2, -0.15) is 13.2 Å². The first-order valence-electron chi connectivity index (χ1n) is 7.25. The molecule has 0 radical (unpaired) electrons. The largest absolute Gasteiger partial charge is 0.416 e. The zero-order chi connectivity index (χ0) is 14.8. The van der Waals surface area contributed by atoms with Crippen molar-refractivity contribution in [2.75, 3.05) is 6.54 Å². The van der Waals surface area contributed by atoms with Crippen molar-refractivity contribution in [3.8, 4) is 0 Å². The van der Waals surface area contributed by atoms with E-state index in [4.69, 9.17) is 0 Å². The van der Waals surface area contributed by atoms with Crippen LogP contribution < -0.4 is 5.32 Å². The van der Waals surface area contributed by atoms with Gasteiger partial charge >= 0.3 is 6.18 Å². The molecule has 0 amide bonds. The van der Waals surface area contributed by atoms with Crippen molar-refractivity contribution < 1.29 is 13.2 Å². The number of alkyl halides is 3. The summed E-state index contributed by atoms with van der Waals surface area (Å²) in [6.45, 7) is 5.34. The van der Waals surface area contributed by atoms with Crippen molar-refractivity contribution in [2.24, 2.45) is 5.41 Å². The van der Waals surface area contributed by atoms with E-state index in [1.165, 1.54) is 25.0 Å². The molecular formula is C16H22F3N. The highest BCUT2D eigenvalue weighted by atomic mass is 19.4. The summed E-state index contributed by atoms with van der Waals surface area (Å²) in [7, 11) is 0. The van der Waals surface area contributed by atoms with Crippen LogP contribution in [0.5, 0.6) is 0 Å². The van der Waals surface area contributed by atoms with Crippen LogP contribution in [0.2, 0.25) is 0 Å². The lowest BCUT2D eigenvalue weighted by Crippen LogP contribution is -2.38. The number of benzene rings is 1. The molecule has 4 heteroatoms. The van der Waals surface area contributed by atoms with Crippen molar-refractivity contribution in [1.82, 2.24) is 5.32 Å². The summed E-state index contributed by atoms with van der Waals surface area (Å²) in [5.41, 5.74) is 0.717. The molecule has 0 spiro atoms. The second-order valence-corrected chi connectivity index (χ2v) is 6.06.